The molecule has 2 aromatic carbocycles. The average molecular weight is 472 g/mol. The average Bonchev–Trinajstić information content (AvgIpc) is 2.82. The van der Waals surface area contributed by atoms with Crippen molar-refractivity contribution in [1.82, 2.24) is 9.99 Å². The van der Waals surface area contributed by atoms with E-state index in [-0.39, 0.29) is 23.5 Å². The highest BCUT2D eigenvalue weighted by molar-refractivity contribution is 5.99. The molecular weight excluding hydrogens is 443 g/mol. The van der Waals surface area contributed by atoms with Crippen molar-refractivity contribution in [3.8, 4) is 0 Å². The number of para-hydroxylation sites is 2. The van der Waals surface area contributed by atoms with E-state index in [0.29, 0.717) is 23.1 Å². The Labute approximate surface area is 196 Å². The third kappa shape index (κ3) is 4.94. The number of rotatable bonds is 5. The smallest absolute Gasteiger partial charge is 0.382 e. The van der Waals surface area contributed by atoms with E-state index in [2.05, 4.69) is 10.3 Å². The fourth-order valence-corrected chi connectivity index (χ4v) is 4.56. The first-order valence-electron chi connectivity index (χ1n) is 11.2. The van der Waals surface area contributed by atoms with Crippen molar-refractivity contribution in [1.29, 1.82) is 0 Å². The third-order valence-corrected chi connectivity index (χ3v) is 6.26. The highest BCUT2D eigenvalue weighted by atomic mass is 19.4. The van der Waals surface area contributed by atoms with Gasteiger partial charge in [0.15, 0.2) is 0 Å². The molecule has 1 aliphatic rings. The minimum absolute atomic E-state index is 0.131. The van der Waals surface area contributed by atoms with Crippen LogP contribution in [0.1, 0.15) is 41.7 Å². The largest absolute Gasteiger partial charge is 0.433 e. The highest BCUT2D eigenvalue weighted by Gasteiger charge is 2.34. The van der Waals surface area contributed by atoms with Crippen LogP contribution in [-0.4, -0.2) is 42.1 Å². The predicted molar refractivity (Wildman–Crippen MR) is 128 cm³/mol. The maximum atomic E-state index is 13.4. The van der Waals surface area contributed by atoms with Gasteiger partial charge in [0.1, 0.15) is 5.69 Å². The maximum Gasteiger partial charge on any atom is 0.433 e. The lowest BCUT2D eigenvalue weighted by atomic mass is 9.90. The number of halogens is 3. The van der Waals surface area contributed by atoms with Gasteiger partial charge in [0, 0.05) is 36.9 Å². The summed E-state index contributed by atoms with van der Waals surface area (Å²) < 4.78 is 40.3. The Hall–Kier alpha value is -3.33. The molecule has 1 aromatic heterocycles. The van der Waals surface area contributed by atoms with Gasteiger partial charge in [-0.15, -0.1) is 0 Å². The summed E-state index contributed by atoms with van der Waals surface area (Å²) in [5.74, 6) is 6.02. The Bertz CT molecular complexity index is 1180. The van der Waals surface area contributed by atoms with Crippen molar-refractivity contribution in [2.24, 2.45) is 5.84 Å². The zero-order valence-corrected chi connectivity index (χ0v) is 19.1. The number of hydrogen-bond acceptors (Lipinski definition) is 5. The van der Waals surface area contributed by atoms with Crippen LogP contribution < -0.4 is 16.1 Å². The number of carbonyl (C=O) groups is 1. The molecule has 1 amide bonds. The van der Waals surface area contributed by atoms with Crippen LogP contribution in [0.15, 0.2) is 54.6 Å². The van der Waals surface area contributed by atoms with Crippen LogP contribution in [0.4, 0.5) is 24.5 Å². The highest BCUT2D eigenvalue weighted by Crippen LogP contribution is 2.35. The fraction of sp³-hybridized carbons (Fsp3) is 0.360. The third-order valence-electron chi connectivity index (χ3n) is 6.26. The van der Waals surface area contributed by atoms with Crippen LogP contribution in [0.2, 0.25) is 0 Å². The van der Waals surface area contributed by atoms with Gasteiger partial charge in [-0.1, -0.05) is 30.3 Å². The number of hydrogen-bond donors (Lipinski definition) is 2. The number of pyridine rings is 1. The number of aromatic nitrogens is 1. The first-order valence-corrected chi connectivity index (χ1v) is 11.2. The summed E-state index contributed by atoms with van der Waals surface area (Å²) in [6.07, 6.45) is -1.71. The van der Waals surface area contributed by atoms with Gasteiger partial charge < -0.3 is 10.2 Å². The van der Waals surface area contributed by atoms with Crippen molar-refractivity contribution >= 4 is 28.2 Å². The Morgan fingerprint density at radius 1 is 1.09 bits per heavy atom. The predicted octanol–water partition coefficient (Wildman–Crippen LogP) is 5.06. The molecule has 9 heteroatoms. The summed E-state index contributed by atoms with van der Waals surface area (Å²) in [6, 6.07) is 14.7. The van der Waals surface area contributed by atoms with Gasteiger partial charge in [-0.25, -0.2) is 10.8 Å². The van der Waals surface area contributed by atoms with Crippen LogP contribution in [0.5, 0.6) is 0 Å². The number of nitrogens with one attached hydrogen (secondary N) is 1. The molecule has 0 aliphatic heterocycles. The molecule has 4 rings (SSSR count). The molecule has 3 N–H and O–H groups in total. The van der Waals surface area contributed by atoms with Gasteiger partial charge in [-0.05, 0) is 49.9 Å². The van der Waals surface area contributed by atoms with E-state index in [9.17, 15) is 18.0 Å². The normalized spacial score (nSPS) is 18.5. The SMILES string of the molecule is CN(C)c1ccccc1C(=O)N(N)[C@@H]1CCC[C@H](Nc2cc(C(F)(F)F)nc3ccccc23)C1. The number of hydrazine groups is 1. The maximum absolute atomic E-state index is 13.4. The molecule has 0 radical (unpaired) electrons. The molecule has 180 valence electrons. The van der Waals surface area contributed by atoms with Crippen molar-refractivity contribution in [3.63, 3.8) is 0 Å². The molecule has 1 saturated carbocycles. The van der Waals surface area contributed by atoms with Gasteiger partial charge in [-0.3, -0.25) is 9.80 Å². The van der Waals surface area contributed by atoms with E-state index in [0.717, 1.165) is 31.0 Å². The molecule has 3 aromatic rings. The van der Waals surface area contributed by atoms with Crippen molar-refractivity contribution in [2.75, 3.05) is 24.3 Å². The van der Waals surface area contributed by atoms with E-state index in [4.69, 9.17) is 5.84 Å². The first kappa shape index (κ1) is 23.8. The zero-order valence-electron chi connectivity index (χ0n) is 19.1. The molecule has 1 fully saturated rings. The number of fused-ring (bicyclic) bond motifs is 1. The van der Waals surface area contributed by atoms with Crippen molar-refractivity contribution in [2.45, 2.75) is 43.9 Å². The minimum atomic E-state index is -4.55. The summed E-state index contributed by atoms with van der Waals surface area (Å²) in [5.41, 5.74) is 1.02. The number of benzene rings is 2. The number of nitrogens with two attached hydrogens (primary N) is 1. The molecule has 0 unspecified atom stereocenters. The second kappa shape index (κ2) is 9.50. The van der Waals surface area contributed by atoms with E-state index < -0.39 is 11.9 Å². The fourth-order valence-electron chi connectivity index (χ4n) is 4.56. The van der Waals surface area contributed by atoms with Crippen LogP contribution >= 0.6 is 0 Å². The quantitative estimate of drug-likeness (QED) is 0.309. The lowest BCUT2D eigenvalue weighted by Gasteiger charge is -2.36. The molecular formula is C25H28F3N5O. The van der Waals surface area contributed by atoms with E-state index in [1.54, 1.807) is 36.4 Å². The summed E-state index contributed by atoms with van der Waals surface area (Å²) in [5, 5.41) is 5.19. The number of carbonyl (C=O) groups excluding carboxylic acids is 1. The van der Waals surface area contributed by atoms with Gasteiger partial charge in [0.2, 0.25) is 0 Å². The van der Waals surface area contributed by atoms with E-state index in [1.807, 2.05) is 31.1 Å². The van der Waals surface area contributed by atoms with Gasteiger partial charge in [0.25, 0.3) is 5.91 Å². The van der Waals surface area contributed by atoms with E-state index >= 15 is 0 Å². The summed E-state index contributed by atoms with van der Waals surface area (Å²) >= 11 is 0. The molecule has 0 bridgehead atoms. The summed E-state index contributed by atoms with van der Waals surface area (Å²) in [4.78, 5) is 18.8. The van der Waals surface area contributed by atoms with Crippen molar-refractivity contribution < 1.29 is 18.0 Å². The van der Waals surface area contributed by atoms with Crippen molar-refractivity contribution in [3.05, 3.63) is 65.9 Å². The summed E-state index contributed by atoms with van der Waals surface area (Å²) in [6.45, 7) is 0. The second-order valence-corrected chi connectivity index (χ2v) is 8.86. The van der Waals surface area contributed by atoms with Crippen LogP contribution in [0, 0.1) is 0 Å². The minimum Gasteiger partial charge on any atom is -0.382 e. The van der Waals surface area contributed by atoms with Crippen LogP contribution in [0.25, 0.3) is 10.9 Å². The molecule has 6 nitrogen and oxygen atoms in total. The van der Waals surface area contributed by atoms with Gasteiger partial charge in [-0.2, -0.15) is 13.2 Å². The topological polar surface area (TPSA) is 74.5 Å². The Morgan fingerprint density at radius 2 is 1.79 bits per heavy atom. The van der Waals surface area contributed by atoms with Crippen LogP contribution in [-0.2, 0) is 6.18 Å². The van der Waals surface area contributed by atoms with Gasteiger partial charge >= 0.3 is 6.18 Å². The molecule has 2 atom stereocenters. The number of amides is 1. The number of anilines is 2. The first-order chi connectivity index (χ1) is 16.1. The molecule has 0 saturated heterocycles. The van der Waals surface area contributed by atoms with Gasteiger partial charge in [0.05, 0.1) is 17.1 Å². The molecule has 1 heterocycles. The molecule has 34 heavy (non-hydrogen) atoms. The van der Waals surface area contributed by atoms with Crippen LogP contribution in [0.3, 0.4) is 0 Å². The lowest BCUT2D eigenvalue weighted by Crippen LogP contribution is -2.49. The Balaban J connectivity index is 1.55. The number of nitrogens with zero attached hydrogens (tertiary/aromatic N) is 3. The van der Waals surface area contributed by atoms with E-state index in [1.165, 1.54) is 5.01 Å². The number of alkyl halides is 3. The zero-order chi connectivity index (χ0) is 24.5. The standard InChI is InChI=1S/C25H28F3N5O/c1-32(2)22-13-6-4-11-19(22)24(34)33(29)17-9-7-8-16(14-17)30-21-15-23(25(26,27)28)31-20-12-5-3-10-18(20)21/h3-6,10-13,15-17H,7-9,14,29H2,1-2H3,(H,30,31)/t16-,17+/m0/s1. The molecule has 0 spiro atoms. The molecule has 1 aliphatic carbocycles. The lowest BCUT2D eigenvalue weighted by molar-refractivity contribution is -0.140. The monoisotopic (exact) mass is 471 g/mol. The summed E-state index contributed by atoms with van der Waals surface area (Å²) in [7, 11) is 3.73. The Kier molecular flexibility index (Phi) is 6.65. The second-order valence-electron chi connectivity index (χ2n) is 8.86. The Morgan fingerprint density at radius 3 is 2.53 bits per heavy atom.